The molecule has 0 spiro atoms. The maximum absolute atomic E-state index is 11.7. The van der Waals surface area contributed by atoms with Gasteiger partial charge in [-0.15, -0.1) is 6.58 Å². The van der Waals surface area contributed by atoms with Crippen molar-refractivity contribution in [2.24, 2.45) is 0 Å². The third-order valence-corrected chi connectivity index (χ3v) is 4.42. The van der Waals surface area contributed by atoms with E-state index in [0.29, 0.717) is 13.2 Å². The highest BCUT2D eigenvalue weighted by molar-refractivity contribution is 5.73. The van der Waals surface area contributed by atoms with Crippen LogP contribution in [0.3, 0.4) is 0 Å². The summed E-state index contributed by atoms with van der Waals surface area (Å²) in [6.45, 7) is 5.80. The molecule has 1 N–H and O–H groups in total. The van der Waals surface area contributed by atoms with E-state index >= 15 is 0 Å². The number of ether oxygens (including phenoxy) is 5. The molecule has 7 heteroatoms. The molecule has 2 aliphatic heterocycles. The van der Waals surface area contributed by atoms with E-state index in [9.17, 15) is 4.79 Å². The van der Waals surface area contributed by atoms with Gasteiger partial charge in [-0.2, -0.15) is 0 Å². The molecule has 1 aromatic rings. The number of hydrogen-bond acceptors (Lipinski definition) is 6. The molecule has 0 radical (unpaired) electrons. The van der Waals surface area contributed by atoms with E-state index in [2.05, 4.69) is 11.9 Å². The Morgan fingerprint density at radius 2 is 2.12 bits per heavy atom. The van der Waals surface area contributed by atoms with Gasteiger partial charge in [0, 0.05) is 19.6 Å². The molecule has 0 bridgehead atoms. The second-order valence-corrected chi connectivity index (χ2v) is 6.27. The highest BCUT2D eigenvalue weighted by atomic mass is 16.7. The first-order chi connectivity index (χ1) is 12.6. The molecule has 2 aliphatic rings. The molecule has 7 nitrogen and oxygen atoms in total. The second-order valence-electron chi connectivity index (χ2n) is 6.27. The number of methoxy groups -OCH3 is 1. The number of benzene rings is 1. The molecule has 0 unspecified atom stereocenters. The van der Waals surface area contributed by atoms with Gasteiger partial charge in [0.15, 0.2) is 12.6 Å². The number of rotatable bonds is 6. The Morgan fingerprint density at radius 3 is 2.77 bits per heavy atom. The van der Waals surface area contributed by atoms with Crippen molar-refractivity contribution >= 4 is 5.91 Å². The fourth-order valence-corrected chi connectivity index (χ4v) is 3.32. The summed E-state index contributed by atoms with van der Waals surface area (Å²) in [6.07, 6.45) is -0.763. The lowest BCUT2D eigenvalue weighted by Crippen LogP contribution is -2.67. The largest absolute Gasteiger partial charge is 0.369 e. The predicted octanol–water partition coefficient (Wildman–Crippen LogP) is 1.55. The normalized spacial score (nSPS) is 33.9. The number of carbonyl (C=O) groups excluding carboxylic acids is 1. The molecule has 0 aliphatic carbocycles. The van der Waals surface area contributed by atoms with Gasteiger partial charge in [-0.3, -0.25) is 4.79 Å². The summed E-state index contributed by atoms with van der Waals surface area (Å²) in [5.41, 5.74) is 0.915. The Hall–Kier alpha value is -1.77. The van der Waals surface area contributed by atoms with E-state index in [1.54, 1.807) is 6.08 Å². The van der Waals surface area contributed by atoms with Gasteiger partial charge < -0.3 is 29.0 Å². The standard InChI is InChI=1S/C19H25NO6/c1-4-10-23-17-15(20-12(2)21)19(22-3)25-14-11-24-18(26-16(14)17)13-8-6-5-7-9-13/h4-9,14-19H,1,10-11H2,2-3H3,(H,20,21)/t14-,15-,16-,17-,18-,19-/m1/s1. The van der Waals surface area contributed by atoms with E-state index in [4.69, 9.17) is 23.7 Å². The van der Waals surface area contributed by atoms with Crippen LogP contribution in [0.15, 0.2) is 43.0 Å². The van der Waals surface area contributed by atoms with Crippen LogP contribution in [-0.2, 0) is 28.5 Å². The van der Waals surface area contributed by atoms with Gasteiger partial charge in [0.2, 0.25) is 5.91 Å². The smallest absolute Gasteiger partial charge is 0.217 e. The zero-order valence-electron chi connectivity index (χ0n) is 15.0. The van der Waals surface area contributed by atoms with Crippen molar-refractivity contribution in [2.75, 3.05) is 20.3 Å². The van der Waals surface area contributed by atoms with Crippen LogP contribution in [0.4, 0.5) is 0 Å². The lowest BCUT2D eigenvalue weighted by Gasteiger charge is -2.48. The van der Waals surface area contributed by atoms with Gasteiger partial charge in [0.05, 0.1) is 13.2 Å². The average Bonchev–Trinajstić information content (AvgIpc) is 2.66. The number of amides is 1. The van der Waals surface area contributed by atoms with Crippen molar-refractivity contribution in [1.82, 2.24) is 5.32 Å². The van der Waals surface area contributed by atoms with Crippen LogP contribution in [-0.4, -0.2) is 56.9 Å². The van der Waals surface area contributed by atoms with E-state index in [-0.39, 0.29) is 12.0 Å². The Labute approximate surface area is 153 Å². The van der Waals surface area contributed by atoms with Gasteiger partial charge in [0.1, 0.15) is 24.4 Å². The van der Waals surface area contributed by atoms with Crippen LogP contribution in [0.25, 0.3) is 0 Å². The Morgan fingerprint density at radius 1 is 1.35 bits per heavy atom. The van der Waals surface area contributed by atoms with Gasteiger partial charge in [0.25, 0.3) is 0 Å². The minimum Gasteiger partial charge on any atom is -0.369 e. The molecule has 3 rings (SSSR count). The molecule has 2 fully saturated rings. The molecule has 2 saturated heterocycles. The highest BCUT2D eigenvalue weighted by Gasteiger charge is 2.51. The topological polar surface area (TPSA) is 75.3 Å². The number of carbonyl (C=O) groups is 1. The third-order valence-electron chi connectivity index (χ3n) is 4.42. The Bertz CT molecular complexity index is 609. The van der Waals surface area contributed by atoms with Crippen LogP contribution >= 0.6 is 0 Å². The predicted molar refractivity (Wildman–Crippen MR) is 93.2 cm³/mol. The lowest BCUT2D eigenvalue weighted by molar-refractivity contribution is -0.344. The number of hydrogen-bond donors (Lipinski definition) is 1. The van der Waals surface area contributed by atoms with Gasteiger partial charge in [-0.05, 0) is 0 Å². The molecular formula is C19H25NO6. The maximum atomic E-state index is 11.7. The first kappa shape index (κ1) is 19.0. The number of nitrogens with one attached hydrogen (secondary N) is 1. The first-order valence-corrected chi connectivity index (χ1v) is 8.64. The summed E-state index contributed by atoms with van der Waals surface area (Å²) in [6, 6.07) is 9.17. The molecule has 2 heterocycles. The fourth-order valence-electron chi connectivity index (χ4n) is 3.32. The van der Waals surface area contributed by atoms with Crippen molar-refractivity contribution < 1.29 is 28.5 Å². The maximum Gasteiger partial charge on any atom is 0.217 e. The molecular weight excluding hydrogens is 338 g/mol. The van der Waals surface area contributed by atoms with E-state index in [1.807, 2.05) is 30.3 Å². The van der Waals surface area contributed by atoms with Crippen LogP contribution in [0.1, 0.15) is 18.8 Å². The minimum atomic E-state index is -0.657. The van der Waals surface area contributed by atoms with Crippen molar-refractivity contribution in [3.05, 3.63) is 48.6 Å². The molecule has 1 aromatic carbocycles. The second kappa shape index (κ2) is 8.75. The number of fused-ring (bicyclic) bond motifs is 1. The molecule has 0 saturated carbocycles. The SMILES string of the molecule is C=CCO[C@@H]1[C@@H](NC(C)=O)[C@H](OC)O[C@@H]2CO[C@@H](c3ccccc3)O[C@@H]12. The fraction of sp³-hybridized carbons (Fsp3) is 0.526. The van der Waals surface area contributed by atoms with E-state index in [0.717, 1.165) is 5.56 Å². The summed E-state index contributed by atoms with van der Waals surface area (Å²) < 4.78 is 29.3. The molecule has 0 aromatic heterocycles. The Kier molecular flexibility index (Phi) is 6.39. The molecule has 1 amide bonds. The average molecular weight is 363 g/mol. The van der Waals surface area contributed by atoms with Gasteiger partial charge in [-0.25, -0.2) is 0 Å². The van der Waals surface area contributed by atoms with Crippen molar-refractivity contribution in [3.8, 4) is 0 Å². The molecule has 6 atom stereocenters. The lowest BCUT2D eigenvalue weighted by atomic mass is 9.95. The van der Waals surface area contributed by atoms with Crippen molar-refractivity contribution in [2.45, 2.75) is 43.9 Å². The quantitative estimate of drug-likeness (QED) is 0.773. The van der Waals surface area contributed by atoms with E-state index in [1.165, 1.54) is 14.0 Å². The van der Waals surface area contributed by atoms with Crippen LogP contribution < -0.4 is 5.32 Å². The van der Waals surface area contributed by atoms with E-state index < -0.39 is 30.8 Å². The minimum absolute atomic E-state index is 0.196. The van der Waals surface area contributed by atoms with Crippen molar-refractivity contribution in [3.63, 3.8) is 0 Å². The third kappa shape index (κ3) is 4.13. The monoisotopic (exact) mass is 363 g/mol. The zero-order chi connectivity index (χ0) is 18.5. The summed E-state index contributed by atoms with van der Waals surface area (Å²) in [5.74, 6) is -0.196. The van der Waals surface area contributed by atoms with Gasteiger partial charge >= 0.3 is 0 Å². The van der Waals surface area contributed by atoms with Crippen LogP contribution in [0.5, 0.6) is 0 Å². The summed E-state index contributed by atoms with van der Waals surface area (Å²) >= 11 is 0. The Balaban J connectivity index is 1.83. The zero-order valence-corrected chi connectivity index (χ0v) is 15.0. The summed E-state index contributed by atoms with van der Waals surface area (Å²) in [4.78, 5) is 11.7. The van der Waals surface area contributed by atoms with Gasteiger partial charge in [-0.1, -0.05) is 36.4 Å². The highest BCUT2D eigenvalue weighted by Crippen LogP contribution is 2.35. The summed E-state index contributed by atoms with van der Waals surface area (Å²) in [5, 5.41) is 2.86. The molecule has 26 heavy (non-hydrogen) atoms. The summed E-state index contributed by atoms with van der Waals surface area (Å²) in [7, 11) is 1.53. The van der Waals surface area contributed by atoms with Crippen LogP contribution in [0, 0.1) is 0 Å². The first-order valence-electron chi connectivity index (χ1n) is 8.64. The molecule has 142 valence electrons. The van der Waals surface area contributed by atoms with Crippen molar-refractivity contribution in [1.29, 1.82) is 0 Å². The van der Waals surface area contributed by atoms with Crippen LogP contribution in [0.2, 0.25) is 0 Å².